The third-order valence-electron chi connectivity index (χ3n) is 2.25. The van der Waals surface area contributed by atoms with Crippen molar-refractivity contribution in [2.75, 3.05) is 13.1 Å². The molecule has 0 heterocycles. The van der Waals surface area contributed by atoms with Gasteiger partial charge in [-0.2, -0.15) is 0 Å². The molecule has 0 fully saturated rings. The molecule has 1 aromatic carbocycles. The number of hydrogen-bond donors (Lipinski definition) is 0. The highest BCUT2D eigenvalue weighted by atomic mass is 19.1. The quantitative estimate of drug-likeness (QED) is 0.645. The van der Waals surface area contributed by atoms with E-state index in [9.17, 15) is 4.39 Å². The van der Waals surface area contributed by atoms with Crippen molar-refractivity contribution in [1.82, 2.24) is 4.81 Å². The third kappa shape index (κ3) is 4.04. The van der Waals surface area contributed by atoms with Gasteiger partial charge in [0.05, 0.1) is 0 Å². The number of nitrogens with zero attached hydrogens (tertiary/aromatic N) is 1. The molecule has 0 aliphatic rings. The van der Waals surface area contributed by atoms with Crippen LogP contribution < -0.4 is 5.46 Å². The largest absolute Gasteiger partial charge is 0.342 e. The van der Waals surface area contributed by atoms with Crippen LogP contribution in [0.4, 0.5) is 4.39 Å². The summed E-state index contributed by atoms with van der Waals surface area (Å²) >= 11 is 0. The summed E-state index contributed by atoms with van der Waals surface area (Å²) in [6, 6.07) is 6.90. The van der Waals surface area contributed by atoms with Crippen LogP contribution in [0.5, 0.6) is 0 Å². The minimum absolute atomic E-state index is 0.144. The summed E-state index contributed by atoms with van der Waals surface area (Å²) < 4.78 is 13.4. The van der Waals surface area contributed by atoms with Crippen molar-refractivity contribution in [2.45, 2.75) is 26.7 Å². The summed E-state index contributed by atoms with van der Waals surface area (Å²) in [6.07, 6.45) is 2.18. The molecule has 0 aromatic heterocycles. The lowest BCUT2D eigenvalue weighted by molar-refractivity contribution is 0.444. The molecule has 0 N–H and O–H groups in total. The lowest BCUT2D eigenvalue weighted by atomic mass is 9.79. The van der Waals surface area contributed by atoms with Crippen molar-refractivity contribution in [3.05, 3.63) is 30.1 Å². The number of rotatable bonds is 6. The minimum Gasteiger partial charge on any atom is -0.342 e. The van der Waals surface area contributed by atoms with E-state index in [4.69, 9.17) is 0 Å². The van der Waals surface area contributed by atoms with Gasteiger partial charge in [0.1, 0.15) is 5.82 Å². The van der Waals surface area contributed by atoms with E-state index in [1.54, 1.807) is 6.07 Å². The molecule has 0 saturated heterocycles. The molecule has 1 nitrogen and oxygen atoms in total. The molecule has 1 rings (SSSR count). The van der Waals surface area contributed by atoms with Crippen LogP contribution in [0.15, 0.2) is 24.3 Å². The van der Waals surface area contributed by atoms with Crippen LogP contribution in [0.3, 0.4) is 0 Å². The van der Waals surface area contributed by atoms with Crippen LogP contribution in [0.1, 0.15) is 26.7 Å². The Morgan fingerprint density at radius 3 is 2.27 bits per heavy atom. The molecular weight excluding hydrogens is 188 g/mol. The Bertz CT molecular complexity index is 285. The summed E-state index contributed by atoms with van der Waals surface area (Å²) in [7, 11) is 1.92. The number of benzene rings is 1. The third-order valence-corrected chi connectivity index (χ3v) is 2.25. The molecule has 0 atom stereocenters. The molecule has 0 saturated carbocycles. The van der Waals surface area contributed by atoms with Gasteiger partial charge in [0.25, 0.3) is 7.41 Å². The molecule has 0 spiro atoms. The van der Waals surface area contributed by atoms with Crippen LogP contribution in [0, 0.1) is 5.82 Å². The first kappa shape index (κ1) is 12.2. The SMILES string of the molecule is CCCN([B]c1ccccc1F)CCC. The molecule has 1 radical (unpaired) electrons. The van der Waals surface area contributed by atoms with Gasteiger partial charge in [-0.15, -0.1) is 0 Å². The van der Waals surface area contributed by atoms with E-state index in [1.165, 1.54) is 6.07 Å². The van der Waals surface area contributed by atoms with Gasteiger partial charge in [0, 0.05) is 0 Å². The molecule has 0 aliphatic carbocycles. The van der Waals surface area contributed by atoms with Crippen LogP contribution in [0.25, 0.3) is 0 Å². The second kappa shape index (κ2) is 6.62. The maximum absolute atomic E-state index is 13.4. The van der Waals surface area contributed by atoms with Crippen LogP contribution in [-0.2, 0) is 0 Å². The maximum Gasteiger partial charge on any atom is 0.251 e. The summed E-state index contributed by atoms with van der Waals surface area (Å²) in [4.78, 5) is 2.18. The van der Waals surface area contributed by atoms with Gasteiger partial charge in [0.15, 0.2) is 0 Å². The van der Waals surface area contributed by atoms with Gasteiger partial charge in [-0.3, -0.25) is 0 Å². The predicted molar refractivity (Wildman–Crippen MR) is 63.9 cm³/mol. The Kier molecular flexibility index (Phi) is 5.40. The molecule has 1 aromatic rings. The zero-order chi connectivity index (χ0) is 11.1. The van der Waals surface area contributed by atoms with Crippen molar-refractivity contribution >= 4 is 12.9 Å². The molecule has 0 bridgehead atoms. The van der Waals surface area contributed by atoms with Gasteiger partial charge >= 0.3 is 0 Å². The first-order valence-corrected chi connectivity index (χ1v) is 5.61. The fourth-order valence-electron chi connectivity index (χ4n) is 1.59. The summed E-state index contributed by atoms with van der Waals surface area (Å²) in [5, 5.41) is 0. The van der Waals surface area contributed by atoms with Gasteiger partial charge in [-0.05, 0) is 37.5 Å². The Balaban J connectivity index is 2.60. The summed E-state index contributed by atoms with van der Waals surface area (Å²) in [5.74, 6) is -0.144. The highest BCUT2D eigenvalue weighted by molar-refractivity contribution is 6.50. The van der Waals surface area contributed by atoms with Crippen LogP contribution >= 0.6 is 0 Å². The number of halogens is 1. The van der Waals surface area contributed by atoms with Crippen LogP contribution in [0.2, 0.25) is 0 Å². The Morgan fingerprint density at radius 2 is 1.73 bits per heavy atom. The molecule has 0 unspecified atom stereocenters. The smallest absolute Gasteiger partial charge is 0.251 e. The molecule has 3 heteroatoms. The molecule has 15 heavy (non-hydrogen) atoms. The average molecular weight is 206 g/mol. The van der Waals surface area contributed by atoms with E-state index in [0.717, 1.165) is 25.9 Å². The van der Waals surface area contributed by atoms with Crippen molar-refractivity contribution in [2.24, 2.45) is 0 Å². The highest BCUT2D eigenvalue weighted by Crippen LogP contribution is 1.96. The van der Waals surface area contributed by atoms with Gasteiger partial charge in [0.2, 0.25) is 0 Å². The van der Waals surface area contributed by atoms with Gasteiger partial charge in [-0.25, -0.2) is 4.39 Å². The fraction of sp³-hybridized carbons (Fsp3) is 0.500. The number of hydrogen-bond acceptors (Lipinski definition) is 1. The van der Waals surface area contributed by atoms with E-state index in [1.807, 2.05) is 19.5 Å². The molecule has 0 amide bonds. The van der Waals surface area contributed by atoms with E-state index in [-0.39, 0.29) is 5.82 Å². The van der Waals surface area contributed by atoms with Crippen molar-refractivity contribution in [3.63, 3.8) is 0 Å². The van der Waals surface area contributed by atoms with E-state index in [0.29, 0.717) is 5.46 Å². The lowest BCUT2D eigenvalue weighted by Crippen LogP contribution is -2.38. The van der Waals surface area contributed by atoms with Crippen molar-refractivity contribution in [1.29, 1.82) is 0 Å². The average Bonchev–Trinajstić information content (AvgIpc) is 2.22. The molecular formula is C12H18BFN. The Morgan fingerprint density at radius 1 is 1.13 bits per heavy atom. The zero-order valence-corrected chi connectivity index (χ0v) is 9.54. The second-order valence-electron chi connectivity index (χ2n) is 3.69. The maximum atomic E-state index is 13.4. The predicted octanol–water partition coefficient (Wildman–Crippen LogP) is 2.19. The first-order chi connectivity index (χ1) is 7.27. The van der Waals surface area contributed by atoms with Gasteiger partial charge in [-0.1, -0.05) is 32.0 Å². The normalized spacial score (nSPS) is 10.7. The zero-order valence-electron chi connectivity index (χ0n) is 9.54. The van der Waals surface area contributed by atoms with Gasteiger partial charge < -0.3 is 4.81 Å². The minimum atomic E-state index is -0.144. The van der Waals surface area contributed by atoms with E-state index in [2.05, 4.69) is 18.7 Å². The van der Waals surface area contributed by atoms with E-state index < -0.39 is 0 Å². The Hall–Kier alpha value is -0.825. The molecule has 81 valence electrons. The van der Waals surface area contributed by atoms with Crippen molar-refractivity contribution < 1.29 is 4.39 Å². The first-order valence-electron chi connectivity index (χ1n) is 5.61. The fourth-order valence-corrected chi connectivity index (χ4v) is 1.59. The summed E-state index contributed by atoms with van der Waals surface area (Å²) in [5.41, 5.74) is 0.680. The van der Waals surface area contributed by atoms with E-state index >= 15 is 0 Å². The topological polar surface area (TPSA) is 3.24 Å². The standard InChI is InChI=1S/C12H18BFN/c1-3-9-15(10-4-2)13-11-7-5-6-8-12(11)14/h5-8H,3-4,9-10H2,1-2H3. The Labute approximate surface area is 92.6 Å². The second-order valence-corrected chi connectivity index (χ2v) is 3.69. The monoisotopic (exact) mass is 206 g/mol. The molecule has 0 aliphatic heterocycles. The summed E-state index contributed by atoms with van der Waals surface area (Å²) in [6.45, 7) is 6.25. The lowest BCUT2D eigenvalue weighted by Gasteiger charge is -2.20. The van der Waals surface area contributed by atoms with Crippen LogP contribution in [-0.4, -0.2) is 25.3 Å². The highest BCUT2D eigenvalue weighted by Gasteiger charge is 2.09. The van der Waals surface area contributed by atoms with Crippen molar-refractivity contribution in [3.8, 4) is 0 Å².